The van der Waals surface area contributed by atoms with Gasteiger partial charge in [0.25, 0.3) is 5.91 Å². The highest BCUT2D eigenvalue weighted by atomic mass is 16.5. The van der Waals surface area contributed by atoms with Crippen molar-refractivity contribution >= 4 is 22.5 Å². The monoisotopic (exact) mass is 426 g/mol. The second-order valence-corrected chi connectivity index (χ2v) is 7.02. The first kappa shape index (κ1) is 21.0. The van der Waals surface area contributed by atoms with E-state index in [0.29, 0.717) is 28.5 Å². The zero-order valence-electron chi connectivity index (χ0n) is 18.0. The van der Waals surface area contributed by atoms with Gasteiger partial charge in [0.2, 0.25) is 0 Å². The van der Waals surface area contributed by atoms with Crippen molar-refractivity contribution in [2.75, 3.05) is 14.2 Å². The molecule has 2 heterocycles. The molecular formula is C25H22N4O3. The summed E-state index contributed by atoms with van der Waals surface area (Å²) < 4.78 is 10.6. The van der Waals surface area contributed by atoms with Gasteiger partial charge in [0.15, 0.2) is 11.5 Å². The Kier molecular flexibility index (Phi) is 6.07. The highest BCUT2D eigenvalue weighted by molar-refractivity contribution is 6.08. The molecule has 7 heteroatoms. The van der Waals surface area contributed by atoms with E-state index in [1.165, 1.54) is 0 Å². The van der Waals surface area contributed by atoms with Crippen LogP contribution >= 0.6 is 0 Å². The minimum Gasteiger partial charge on any atom is -0.493 e. The van der Waals surface area contributed by atoms with Crippen molar-refractivity contribution in [2.45, 2.75) is 6.92 Å². The van der Waals surface area contributed by atoms with Crippen molar-refractivity contribution in [3.8, 4) is 22.8 Å². The molecule has 0 aliphatic carbocycles. The summed E-state index contributed by atoms with van der Waals surface area (Å²) in [5.41, 5.74) is 6.90. The third kappa shape index (κ3) is 4.27. The molecule has 0 bridgehead atoms. The number of hydrogen-bond donors (Lipinski definition) is 1. The first-order valence-electron chi connectivity index (χ1n) is 9.98. The minimum atomic E-state index is -0.321. The number of nitrogens with one attached hydrogen (secondary N) is 1. The van der Waals surface area contributed by atoms with Crippen LogP contribution in [0.2, 0.25) is 0 Å². The van der Waals surface area contributed by atoms with Gasteiger partial charge in [0.05, 0.1) is 36.7 Å². The Bertz CT molecular complexity index is 1300. The molecule has 2 aromatic carbocycles. The van der Waals surface area contributed by atoms with Gasteiger partial charge in [-0.05, 0) is 49.4 Å². The van der Waals surface area contributed by atoms with E-state index in [2.05, 4.69) is 15.5 Å². The average molecular weight is 426 g/mol. The van der Waals surface area contributed by atoms with E-state index >= 15 is 0 Å². The number of methoxy groups -OCH3 is 2. The molecule has 4 rings (SSSR count). The fourth-order valence-corrected chi connectivity index (χ4v) is 3.35. The SMILES string of the molecule is COc1ccc(/C(C)=N/NC(=O)c2cc(-c3ccncc3)nc3ccccc23)cc1OC. The molecule has 0 aliphatic rings. The lowest BCUT2D eigenvalue weighted by Gasteiger charge is -2.11. The molecule has 2 aromatic heterocycles. The molecule has 0 radical (unpaired) electrons. The second-order valence-electron chi connectivity index (χ2n) is 7.02. The standard InChI is InChI=1S/C25H22N4O3/c1-16(18-8-9-23(31-2)24(14-18)32-3)28-29-25(30)20-15-22(17-10-12-26-13-11-17)27-21-7-5-4-6-19(20)21/h4-15H,1-3H3,(H,29,30)/b28-16+. The Labute approximate surface area is 185 Å². The highest BCUT2D eigenvalue weighted by Gasteiger charge is 2.14. The quantitative estimate of drug-likeness (QED) is 0.363. The summed E-state index contributed by atoms with van der Waals surface area (Å²) in [5.74, 6) is 0.895. The van der Waals surface area contributed by atoms with Gasteiger partial charge in [-0.15, -0.1) is 0 Å². The summed E-state index contributed by atoms with van der Waals surface area (Å²) in [6, 6.07) is 18.5. The summed E-state index contributed by atoms with van der Waals surface area (Å²) in [5, 5.41) is 5.05. The van der Waals surface area contributed by atoms with Gasteiger partial charge in [-0.1, -0.05) is 18.2 Å². The number of fused-ring (bicyclic) bond motifs is 1. The summed E-state index contributed by atoms with van der Waals surface area (Å²) in [7, 11) is 3.16. The van der Waals surface area contributed by atoms with Crippen LogP contribution in [0.25, 0.3) is 22.2 Å². The lowest BCUT2D eigenvalue weighted by molar-refractivity contribution is 0.0956. The van der Waals surface area contributed by atoms with E-state index in [0.717, 1.165) is 22.0 Å². The van der Waals surface area contributed by atoms with E-state index in [1.807, 2.05) is 55.5 Å². The number of hydrogen-bond acceptors (Lipinski definition) is 6. The number of amides is 1. The maximum absolute atomic E-state index is 13.1. The molecule has 0 aliphatic heterocycles. The van der Waals surface area contributed by atoms with Gasteiger partial charge in [0.1, 0.15) is 0 Å². The number of carbonyl (C=O) groups excluding carboxylic acids is 1. The normalized spacial score (nSPS) is 11.3. The van der Waals surface area contributed by atoms with Gasteiger partial charge >= 0.3 is 0 Å². The number of carbonyl (C=O) groups is 1. The summed E-state index contributed by atoms with van der Waals surface area (Å²) in [4.78, 5) is 21.8. The molecule has 4 aromatic rings. The van der Waals surface area contributed by atoms with Crippen LogP contribution in [-0.4, -0.2) is 35.8 Å². The van der Waals surface area contributed by atoms with E-state index in [4.69, 9.17) is 14.5 Å². The van der Waals surface area contributed by atoms with Crippen molar-refractivity contribution in [1.82, 2.24) is 15.4 Å². The number of para-hydroxylation sites is 1. The molecule has 0 saturated heterocycles. The van der Waals surface area contributed by atoms with Crippen LogP contribution in [0.15, 0.2) is 78.2 Å². The number of ether oxygens (including phenoxy) is 2. The van der Waals surface area contributed by atoms with Crippen LogP contribution in [0, 0.1) is 0 Å². The molecule has 0 saturated carbocycles. The predicted octanol–water partition coefficient (Wildman–Crippen LogP) is 4.47. The van der Waals surface area contributed by atoms with Gasteiger partial charge in [-0.3, -0.25) is 9.78 Å². The average Bonchev–Trinajstić information content (AvgIpc) is 2.86. The van der Waals surface area contributed by atoms with Gasteiger partial charge < -0.3 is 9.47 Å². The van der Waals surface area contributed by atoms with Gasteiger partial charge in [0, 0.05) is 28.9 Å². The molecular weight excluding hydrogens is 404 g/mol. The number of benzene rings is 2. The largest absolute Gasteiger partial charge is 0.493 e. The maximum atomic E-state index is 13.1. The molecule has 32 heavy (non-hydrogen) atoms. The third-order valence-corrected chi connectivity index (χ3v) is 5.06. The number of pyridine rings is 2. The van der Waals surface area contributed by atoms with Gasteiger partial charge in [-0.25, -0.2) is 10.4 Å². The van der Waals surface area contributed by atoms with Gasteiger partial charge in [-0.2, -0.15) is 5.10 Å². The highest BCUT2D eigenvalue weighted by Crippen LogP contribution is 2.28. The minimum absolute atomic E-state index is 0.321. The third-order valence-electron chi connectivity index (χ3n) is 5.06. The number of rotatable bonds is 6. The number of aromatic nitrogens is 2. The number of hydrazone groups is 1. The maximum Gasteiger partial charge on any atom is 0.272 e. The Morgan fingerprint density at radius 3 is 2.44 bits per heavy atom. The smallest absolute Gasteiger partial charge is 0.272 e. The Morgan fingerprint density at radius 2 is 1.69 bits per heavy atom. The zero-order chi connectivity index (χ0) is 22.5. The lowest BCUT2D eigenvalue weighted by atomic mass is 10.0. The lowest BCUT2D eigenvalue weighted by Crippen LogP contribution is -2.20. The van der Waals surface area contributed by atoms with E-state index in [9.17, 15) is 4.79 Å². The van der Waals surface area contributed by atoms with E-state index < -0.39 is 0 Å². The molecule has 0 spiro atoms. The van der Waals surface area contributed by atoms with Crippen molar-refractivity contribution < 1.29 is 14.3 Å². The van der Waals surface area contributed by atoms with Crippen LogP contribution < -0.4 is 14.9 Å². The van der Waals surface area contributed by atoms with Crippen LogP contribution in [0.4, 0.5) is 0 Å². The fourth-order valence-electron chi connectivity index (χ4n) is 3.35. The van der Waals surface area contributed by atoms with Crippen LogP contribution in [0.5, 0.6) is 11.5 Å². The summed E-state index contributed by atoms with van der Waals surface area (Å²) in [6.45, 7) is 1.81. The Balaban J connectivity index is 1.67. The predicted molar refractivity (Wildman–Crippen MR) is 124 cm³/mol. The summed E-state index contributed by atoms with van der Waals surface area (Å²) in [6.07, 6.45) is 3.39. The fraction of sp³-hybridized carbons (Fsp3) is 0.120. The van der Waals surface area contributed by atoms with Crippen LogP contribution in [0.1, 0.15) is 22.8 Å². The van der Waals surface area contributed by atoms with Crippen LogP contribution in [-0.2, 0) is 0 Å². The molecule has 160 valence electrons. The Hall–Kier alpha value is -4.26. The first-order valence-corrected chi connectivity index (χ1v) is 9.98. The van der Waals surface area contributed by atoms with Crippen LogP contribution in [0.3, 0.4) is 0 Å². The van der Waals surface area contributed by atoms with Crippen molar-refractivity contribution in [3.05, 3.63) is 84.2 Å². The molecule has 7 nitrogen and oxygen atoms in total. The molecule has 1 N–H and O–H groups in total. The van der Waals surface area contributed by atoms with Crippen molar-refractivity contribution in [3.63, 3.8) is 0 Å². The van der Waals surface area contributed by atoms with E-state index in [1.54, 1.807) is 38.7 Å². The van der Waals surface area contributed by atoms with E-state index in [-0.39, 0.29) is 5.91 Å². The van der Waals surface area contributed by atoms with Crippen molar-refractivity contribution in [2.24, 2.45) is 5.10 Å². The Morgan fingerprint density at radius 1 is 0.938 bits per heavy atom. The molecule has 1 amide bonds. The summed E-state index contributed by atoms with van der Waals surface area (Å²) >= 11 is 0. The molecule has 0 fully saturated rings. The molecule has 0 atom stereocenters. The number of nitrogens with zero attached hydrogens (tertiary/aromatic N) is 3. The second kappa shape index (κ2) is 9.26. The molecule has 0 unspecified atom stereocenters. The first-order chi connectivity index (χ1) is 15.6. The zero-order valence-corrected chi connectivity index (χ0v) is 18.0. The topological polar surface area (TPSA) is 85.7 Å². The van der Waals surface area contributed by atoms with Crippen molar-refractivity contribution in [1.29, 1.82) is 0 Å².